The van der Waals surface area contributed by atoms with Crippen molar-refractivity contribution in [3.8, 4) is 22.8 Å². The molecular formula is C17H18FN5O2. The molecule has 3 rings (SSSR count). The third kappa shape index (κ3) is 3.37. The van der Waals surface area contributed by atoms with E-state index in [0.29, 0.717) is 17.1 Å². The van der Waals surface area contributed by atoms with E-state index >= 15 is 0 Å². The number of aromatic nitrogens is 4. The highest BCUT2D eigenvalue weighted by Gasteiger charge is 2.17. The number of hydrogen-bond donors (Lipinski definition) is 1. The maximum Gasteiger partial charge on any atom is 0.166 e. The second-order valence-electron chi connectivity index (χ2n) is 5.50. The number of anilines is 1. The average molecular weight is 343 g/mol. The molecule has 130 valence electrons. The largest absolute Gasteiger partial charge is 0.496 e. The molecular weight excluding hydrogens is 325 g/mol. The van der Waals surface area contributed by atoms with Crippen molar-refractivity contribution < 1.29 is 13.9 Å². The molecule has 0 spiro atoms. The monoisotopic (exact) mass is 343 g/mol. The molecule has 0 bridgehead atoms. The lowest BCUT2D eigenvalue weighted by Crippen LogP contribution is -2.08. The number of methoxy groups -OCH3 is 1. The van der Waals surface area contributed by atoms with Gasteiger partial charge in [0.2, 0.25) is 0 Å². The minimum Gasteiger partial charge on any atom is -0.496 e. The number of ether oxygens (including phenoxy) is 2. The molecule has 25 heavy (non-hydrogen) atoms. The number of nitrogens with zero attached hydrogens (tertiary/aromatic N) is 4. The van der Waals surface area contributed by atoms with Crippen molar-refractivity contribution in [2.75, 3.05) is 12.8 Å². The molecule has 1 atom stereocenters. The standard InChI is InChI=1S/C17H18FN5O2/c1-10(13-7-12(18)4-5-15(13)24-3)25-16-6-11(8-20-17(16)19)14-9-21-22-23(14)2/h4-10H,1-3H3,(H2,19,20). The average Bonchev–Trinajstić information content (AvgIpc) is 3.02. The highest BCUT2D eigenvalue weighted by molar-refractivity contribution is 5.63. The van der Waals surface area contributed by atoms with Crippen LogP contribution < -0.4 is 15.2 Å². The molecule has 2 aromatic heterocycles. The summed E-state index contributed by atoms with van der Waals surface area (Å²) in [6.07, 6.45) is 2.75. The molecule has 2 heterocycles. The predicted molar refractivity (Wildman–Crippen MR) is 90.6 cm³/mol. The van der Waals surface area contributed by atoms with Gasteiger partial charge in [-0.05, 0) is 31.2 Å². The first kappa shape index (κ1) is 16.7. The van der Waals surface area contributed by atoms with E-state index in [1.807, 2.05) is 0 Å². The Hall–Kier alpha value is -3.16. The fraction of sp³-hybridized carbons (Fsp3) is 0.235. The zero-order valence-corrected chi connectivity index (χ0v) is 14.1. The number of nitrogen functional groups attached to an aromatic ring is 1. The summed E-state index contributed by atoms with van der Waals surface area (Å²) >= 11 is 0. The van der Waals surface area contributed by atoms with Gasteiger partial charge in [0.25, 0.3) is 0 Å². The number of benzene rings is 1. The summed E-state index contributed by atoms with van der Waals surface area (Å²) in [4.78, 5) is 4.16. The molecule has 7 nitrogen and oxygen atoms in total. The van der Waals surface area contributed by atoms with Crippen molar-refractivity contribution in [1.82, 2.24) is 20.0 Å². The van der Waals surface area contributed by atoms with Gasteiger partial charge in [0.1, 0.15) is 17.7 Å². The van der Waals surface area contributed by atoms with E-state index in [4.69, 9.17) is 15.2 Å². The molecule has 0 radical (unpaired) electrons. The summed E-state index contributed by atoms with van der Waals surface area (Å²) in [6, 6.07) is 6.02. The minimum atomic E-state index is -0.491. The van der Waals surface area contributed by atoms with E-state index in [2.05, 4.69) is 15.3 Å². The second-order valence-corrected chi connectivity index (χ2v) is 5.50. The molecule has 0 aliphatic rings. The smallest absolute Gasteiger partial charge is 0.166 e. The van der Waals surface area contributed by atoms with Gasteiger partial charge >= 0.3 is 0 Å². The number of halogens is 1. The lowest BCUT2D eigenvalue weighted by Gasteiger charge is -2.19. The van der Waals surface area contributed by atoms with Crippen LogP contribution in [0, 0.1) is 5.82 Å². The van der Waals surface area contributed by atoms with Crippen LogP contribution in [0.5, 0.6) is 11.5 Å². The van der Waals surface area contributed by atoms with Gasteiger partial charge in [0.15, 0.2) is 11.6 Å². The Bertz CT molecular complexity index is 896. The van der Waals surface area contributed by atoms with Gasteiger partial charge in [-0.3, -0.25) is 0 Å². The molecule has 2 N–H and O–H groups in total. The Morgan fingerprint density at radius 1 is 1.20 bits per heavy atom. The highest BCUT2D eigenvalue weighted by Crippen LogP contribution is 2.33. The van der Waals surface area contributed by atoms with Crippen LogP contribution in [0.1, 0.15) is 18.6 Å². The highest BCUT2D eigenvalue weighted by atomic mass is 19.1. The van der Waals surface area contributed by atoms with Crippen LogP contribution >= 0.6 is 0 Å². The van der Waals surface area contributed by atoms with Crippen molar-refractivity contribution in [3.63, 3.8) is 0 Å². The summed E-state index contributed by atoms with van der Waals surface area (Å²) in [5.41, 5.74) is 8.04. The zero-order valence-electron chi connectivity index (χ0n) is 14.1. The van der Waals surface area contributed by atoms with Crippen molar-refractivity contribution in [2.24, 2.45) is 7.05 Å². The van der Waals surface area contributed by atoms with Gasteiger partial charge in [-0.25, -0.2) is 14.1 Å². The van der Waals surface area contributed by atoms with Crippen LogP contribution in [0.2, 0.25) is 0 Å². The second kappa shape index (κ2) is 6.76. The van der Waals surface area contributed by atoms with Crippen molar-refractivity contribution in [2.45, 2.75) is 13.0 Å². The summed E-state index contributed by atoms with van der Waals surface area (Å²) in [7, 11) is 3.30. The zero-order chi connectivity index (χ0) is 18.0. The normalized spacial score (nSPS) is 12.0. The van der Waals surface area contributed by atoms with Gasteiger partial charge in [0.05, 0.1) is 19.0 Å². The number of nitrogens with two attached hydrogens (primary N) is 1. The van der Waals surface area contributed by atoms with Crippen LogP contribution in [0.15, 0.2) is 36.7 Å². The maximum absolute atomic E-state index is 13.6. The fourth-order valence-corrected chi connectivity index (χ4v) is 2.52. The number of rotatable bonds is 5. The topological polar surface area (TPSA) is 88.1 Å². The lowest BCUT2D eigenvalue weighted by molar-refractivity contribution is 0.221. The van der Waals surface area contributed by atoms with E-state index in [1.54, 1.807) is 43.2 Å². The van der Waals surface area contributed by atoms with Crippen LogP contribution in [-0.4, -0.2) is 27.1 Å². The molecule has 0 aliphatic heterocycles. The van der Waals surface area contributed by atoms with E-state index in [-0.39, 0.29) is 11.6 Å². The number of hydrogen-bond acceptors (Lipinski definition) is 6. The quantitative estimate of drug-likeness (QED) is 0.766. The van der Waals surface area contributed by atoms with Crippen molar-refractivity contribution in [1.29, 1.82) is 0 Å². The third-order valence-electron chi connectivity index (χ3n) is 3.83. The van der Waals surface area contributed by atoms with Crippen LogP contribution in [0.4, 0.5) is 10.2 Å². The molecule has 0 aliphatic carbocycles. The summed E-state index contributed by atoms with van der Waals surface area (Å²) in [6.45, 7) is 1.79. The summed E-state index contributed by atoms with van der Waals surface area (Å²) in [5.74, 6) is 0.790. The Labute approximate surface area is 144 Å². The van der Waals surface area contributed by atoms with E-state index in [9.17, 15) is 4.39 Å². The van der Waals surface area contributed by atoms with Gasteiger partial charge in [-0.15, -0.1) is 5.10 Å². The third-order valence-corrected chi connectivity index (χ3v) is 3.83. The number of aryl methyl sites for hydroxylation is 1. The predicted octanol–water partition coefficient (Wildman–Crippen LogP) is 2.75. The molecule has 3 aromatic rings. The Morgan fingerprint density at radius 3 is 2.68 bits per heavy atom. The summed E-state index contributed by atoms with van der Waals surface area (Å²) < 4.78 is 26.4. The molecule has 0 fully saturated rings. The van der Waals surface area contributed by atoms with Crippen molar-refractivity contribution >= 4 is 5.82 Å². The molecule has 1 unspecified atom stereocenters. The fourth-order valence-electron chi connectivity index (χ4n) is 2.52. The van der Waals surface area contributed by atoms with E-state index < -0.39 is 6.10 Å². The molecule has 0 amide bonds. The Balaban J connectivity index is 1.93. The van der Waals surface area contributed by atoms with Crippen LogP contribution in [-0.2, 0) is 7.05 Å². The van der Waals surface area contributed by atoms with E-state index in [1.165, 1.54) is 19.2 Å². The first-order chi connectivity index (χ1) is 12.0. The molecule has 0 saturated heterocycles. The van der Waals surface area contributed by atoms with Gasteiger partial charge in [-0.1, -0.05) is 5.21 Å². The first-order valence-corrected chi connectivity index (χ1v) is 7.60. The van der Waals surface area contributed by atoms with Gasteiger partial charge in [0, 0.05) is 24.4 Å². The Kier molecular flexibility index (Phi) is 4.51. The minimum absolute atomic E-state index is 0.237. The maximum atomic E-state index is 13.6. The number of pyridine rings is 1. The van der Waals surface area contributed by atoms with Crippen LogP contribution in [0.3, 0.4) is 0 Å². The molecule has 1 aromatic carbocycles. The Morgan fingerprint density at radius 2 is 2.00 bits per heavy atom. The summed E-state index contributed by atoms with van der Waals surface area (Å²) in [5, 5.41) is 7.74. The molecule has 0 saturated carbocycles. The van der Waals surface area contributed by atoms with Gasteiger partial charge < -0.3 is 15.2 Å². The lowest BCUT2D eigenvalue weighted by atomic mass is 10.1. The SMILES string of the molecule is COc1ccc(F)cc1C(C)Oc1cc(-c2cnnn2C)cnc1N. The van der Waals surface area contributed by atoms with Crippen molar-refractivity contribution in [3.05, 3.63) is 48.0 Å². The molecule has 8 heteroatoms. The van der Waals surface area contributed by atoms with E-state index in [0.717, 1.165) is 11.3 Å². The van der Waals surface area contributed by atoms with Gasteiger partial charge in [-0.2, -0.15) is 0 Å². The first-order valence-electron chi connectivity index (χ1n) is 7.60. The van der Waals surface area contributed by atoms with Crippen LogP contribution in [0.25, 0.3) is 11.3 Å².